The molecule has 0 saturated carbocycles. The molecule has 0 rings (SSSR count). The largest absolute Gasteiger partial charge is 0.414 e. The van der Waals surface area contributed by atoms with Gasteiger partial charge in [-0.25, -0.2) is 0 Å². The van der Waals surface area contributed by atoms with Gasteiger partial charge in [0.25, 0.3) is 0 Å². The minimum atomic E-state index is -4.25. The van der Waals surface area contributed by atoms with Crippen molar-refractivity contribution in [3.8, 4) is 0 Å². The number of rotatable bonds is 5. The molecule has 0 aromatic carbocycles. The Hall–Kier alpha value is 0.0400. The van der Waals surface area contributed by atoms with E-state index in [0.717, 1.165) is 6.92 Å². The zero-order chi connectivity index (χ0) is 9.61. The Bertz CT molecular complexity index is 116. The Balaban J connectivity index is 3.38. The van der Waals surface area contributed by atoms with E-state index in [2.05, 4.69) is 4.74 Å². The van der Waals surface area contributed by atoms with E-state index in [4.69, 9.17) is 11.6 Å². The highest BCUT2D eigenvalue weighted by atomic mass is 35.5. The summed E-state index contributed by atoms with van der Waals surface area (Å²) >= 11 is 5.33. The van der Waals surface area contributed by atoms with Crippen molar-refractivity contribution in [2.24, 2.45) is 0 Å². The van der Waals surface area contributed by atoms with E-state index in [1.54, 1.807) is 0 Å². The van der Waals surface area contributed by atoms with Gasteiger partial charge >= 0.3 is 6.18 Å². The molecule has 0 amide bonds. The van der Waals surface area contributed by atoms with Gasteiger partial charge in [0.2, 0.25) is 0 Å². The molecule has 0 spiro atoms. The summed E-state index contributed by atoms with van der Waals surface area (Å²) in [5.41, 5.74) is 0. The van der Waals surface area contributed by atoms with Crippen LogP contribution >= 0.6 is 11.6 Å². The molecule has 12 heavy (non-hydrogen) atoms. The molecule has 0 aromatic rings. The SMILES string of the molecule is CC(OCCCCCl)C(F)(F)F. The van der Waals surface area contributed by atoms with Crippen LogP contribution in [-0.4, -0.2) is 24.8 Å². The maximum atomic E-state index is 11.8. The van der Waals surface area contributed by atoms with Gasteiger partial charge in [0.15, 0.2) is 6.10 Å². The van der Waals surface area contributed by atoms with Crippen LogP contribution in [0.3, 0.4) is 0 Å². The molecule has 1 atom stereocenters. The third-order valence-electron chi connectivity index (χ3n) is 1.36. The summed E-state index contributed by atoms with van der Waals surface area (Å²) in [5.74, 6) is 0.462. The molecule has 0 N–H and O–H groups in total. The number of unbranched alkanes of at least 4 members (excludes halogenated alkanes) is 1. The van der Waals surface area contributed by atoms with Gasteiger partial charge in [0, 0.05) is 12.5 Å². The van der Waals surface area contributed by atoms with Gasteiger partial charge in [0.1, 0.15) is 0 Å². The smallest absolute Gasteiger partial charge is 0.369 e. The second-order valence-corrected chi connectivity index (χ2v) is 2.83. The Morgan fingerprint density at radius 3 is 2.33 bits per heavy atom. The summed E-state index contributed by atoms with van der Waals surface area (Å²) in [7, 11) is 0. The fourth-order valence-corrected chi connectivity index (χ4v) is 0.740. The molecular formula is C7H12ClF3O. The number of hydrogen-bond acceptors (Lipinski definition) is 1. The van der Waals surface area contributed by atoms with Gasteiger partial charge in [-0.3, -0.25) is 0 Å². The number of halogens is 4. The Morgan fingerprint density at radius 1 is 1.33 bits per heavy atom. The number of alkyl halides is 4. The van der Waals surface area contributed by atoms with Crippen molar-refractivity contribution >= 4 is 11.6 Å². The topological polar surface area (TPSA) is 9.23 Å². The maximum Gasteiger partial charge on any atom is 0.414 e. The average molecular weight is 205 g/mol. The monoisotopic (exact) mass is 204 g/mol. The average Bonchev–Trinajstić information content (AvgIpc) is 1.96. The van der Waals surface area contributed by atoms with E-state index in [-0.39, 0.29) is 6.61 Å². The summed E-state index contributed by atoms with van der Waals surface area (Å²) in [6.45, 7) is 1.12. The summed E-state index contributed by atoms with van der Waals surface area (Å²) in [4.78, 5) is 0. The fourth-order valence-electron chi connectivity index (χ4n) is 0.551. The minimum Gasteiger partial charge on any atom is -0.369 e. The molecule has 0 aliphatic carbocycles. The molecule has 0 aliphatic heterocycles. The second kappa shape index (κ2) is 5.65. The van der Waals surface area contributed by atoms with Crippen molar-refractivity contribution in [3.63, 3.8) is 0 Å². The fraction of sp³-hybridized carbons (Fsp3) is 1.00. The number of ether oxygens (including phenoxy) is 1. The minimum absolute atomic E-state index is 0.118. The van der Waals surface area contributed by atoms with E-state index in [1.807, 2.05) is 0 Å². The van der Waals surface area contributed by atoms with E-state index in [1.165, 1.54) is 0 Å². The highest BCUT2D eigenvalue weighted by molar-refractivity contribution is 6.17. The summed E-state index contributed by atoms with van der Waals surface area (Å²) < 4.78 is 39.9. The molecule has 0 bridgehead atoms. The van der Waals surface area contributed by atoms with Gasteiger partial charge < -0.3 is 4.74 Å². The molecule has 1 unspecified atom stereocenters. The van der Waals surface area contributed by atoms with Crippen molar-refractivity contribution in [3.05, 3.63) is 0 Å². The van der Waals surface area contributed by atoms with Gasteiger partial charge in [-0.2, -0.15) is 13.2 Å². The first-order chi connectivity index (χ1) is 5.48. The van der Waals surface area contributed by atoms with Crippen LogP contribution in [0.1, 0.15) is 19.8 Å². The normalized spacial score (nSPS) is 14.8. The molecular weight excluding hydrogens is 193 g/mol. The lowest BCUT2D eigenvalue weighted by molar-refractivity contribution is -0.214. The van der Waals surface area contributed by atoms with Gasteiger partial charge in [-0.05, 0) is 19.8 Å². The van der Waals surface area contributed by atoms with Crippen LogP contribution in [-0.2, 0) is 4.74 Å². The first kappa shape index (κ1) is 12.0. The molecule has 1 nitrogen and oxygen atoms in total. The van der Waals surface area contributed by atoms with Crippen LogP contribution in [0.15, 0.2) is 0 Å². The molecule has 0 saturated heterocycles. The van der Waals surface area contributed by atoms with Crippen molar-refractivity contribution in [1.29, 1.82) is 0 Å². The van der Waals surface area contributed by atoms with E-state index in [9.17, 15) is 13.2 Å². The van der Waals surface area contributed by atoms with Crippen molar-refractivity contribution < 1.29 is 17.9 Å². The second-order valence-electron chi connectivity index (χ2n) is 2.45. The van der Waals surface area contributed by atoms with E-state index in [0.29, 0.717) is 18.7 Å². The third-order valence-corrected chi connectivity index (χ3v) is 1.62. The molecule has 74 valence electrons. The van der Waals surface area contributed by atoms with Gasteiger partial charge in [-0.1, -0.05) is 0 Å². The van der Waals surface area contributed by atoms with Gasteiger partial charge in [-0.15, -0.1) is 11.6 Å². The van der Waals surface area contributed by atoms with Crippen LogP contribution in [0.5, 0.6) is 0 Å². The van der Waals surface area contributed by atoms with E-state index >= 15 is 0 Å². The lowest BCUT2D eigenvalue weighted by atomic mass is 10.3. The van der Waals surface area contributed by atoms with Crippen LogP contribution in [0.25, 0.3) is 0 Å². The maximum absolute atomic E-state index is 11.8. The van der Waals surface area contributed by atoms with Crippen LogP contribution in [0.2, 0.25) is 0 Å². The quantitative estimate of drug-likeness (QED) is 0.494. The zero-order valence-electron chi connectivity index (χ0n) is 6.83. The van der Waals surface area contributed by atoms with Gasteiger partial charge in [0.05, 0.1) is 0 Å². The van der Waals surface area contributed by atoms with E-state index < -0.39 is 12.3 Å². The molecule has 0 fully saturated rings. The third kappa shape index (κ3) is 5.66. The standard InChI is InChI=1S/C7H12ClF3O/c1-6(7(9,10)11)12-5-3-2-4-8/h6H,2-5H2,1H3. The predicted molar refractivity (Wildman–Crippen MR) is 41.4 cm³/mol. The van der Waals surface area contributed by atoms with Crippen LogP contribution in [0.4, 0.5) is 13.2 Å². The Morgan fingerprint density at radius 2 is 1.92 bits per heavy atom. The number of hydrogen-bond donors (Lipinski definition) is 0. The van der Waals surface area contributed by atoms with Crippen LogP contribution < -0.4 is 0 Å². The first-order valence-electron chi connectivity index (χ1n) is 3.72. The molecule has 0 aliphatic rings. The molecule has 0 aromatic heterocycles. The van der Waals surface area contributed by atoms with Crippen molar-refractivity contribution in [2.45, 2.75) is 32.0 Å². The highest BCUT2D eigenvalue weighted by Crippen LogP contribution is 2.22. The highest BCUT2D eigenvalue weighted by Gasteiger charge is 2.36. The van der Waals surface area contributed by atoms with Crippen LogP contribution in [0, 0.1) is 0 Å². The first-order valence-corrected chi connectivity index (χ1v) is 4.26. The zero-order valence-corrected chi connectivity index (χ0v) is 7.58. The molecule has 0 radical (unpaired) electrons. The molecule has 0 heterocycles. The molecule has 5 heteroatoms. The lowest BCUT2D eigenvalue weighted by Crippen LogP contribution is -2.28. The summed E-state index contributed by atoms with van der Waals surface area (Å²) in [6.07, 6.45) is -4.66. The summed E-state index contributed by atoms with van der Waals surface area (Å²) in [5, 5.41) is 0. The lowest BCUT2D eigenvalue weighted by Gasteiger charge is -2.15. The summed E-state index contributed by atoms with van der Waals surface area (Å²) in [6, 6.07) is 0. The van der Waals surface area contributed by atoms with Crippen molar-refractivity contribution in [2.75, 3.05) is 12.5 Å². The Kier molecular flexibility index (Phi) is 5.66. The van der Waals surface area contributed by atoms with Crippen molar-refractivity contribution in [1.82, 2.24) is 0 Å². The predicted octanol–water partition coefficient (Wildman–Crippen LogP) is 2.97. The Labute approximate surface area is 74.8 Å².